The minimum Gasteiger partial charge on any atom is -0.466 e. The Labute approximate surface area is 540 Å². The molecule has 0 aliphatic carbocycles. The monoisotopic (exact) mass is 1240 g/mol. The van der Waals surface area contributed by atoms with Crippen molar-refractivity contribution in [3.63, 3.8) is 0 Å². The molecule has 1 rings (SSSR count). The van der Waals surface area contributed by atoms with Crippen molar-refractivity contribution in [1.82, 2.24) is 5.32 Å². The average Bonchev–Trinajstić information content (AvgIpc) is 3.48. The van der Waals surface area contributed by atoms with Crippen molar-refractivity contribution in [2.75, 3.05) is 19.8 Å². The Morgan fingerprint density at radius 3 is 1.25 bits per heavy atom. The summed E-state index contributed by atoms with van der Waals surface area (Å²) in [4.78, 5) is 25.1. The lowest BCUT2D eigenvalue weighted by atomic mass is 9.99. The molecule has 0 spiro atoms. The Balaban J connectivity index is 1.90. The molecule has 0 bridgehead atoms. The molecule has 88 heavy (non-hydrogen) atoms. The SMILES string of the molecule is C/C=C/CC/C=C/CC/C=C/C(O)C(COC1OC(CO)C(O)C(O)C1O)NC(=O)CCCCCCCCCCCCCCCCCCC/C=C\C/C=C\CCCCCCCCCCCCCOC(=O)CCCCCCC/C=C\C/C=C\CCCCCC. The van der Waals surface area contributed by atoms with Gasteiger partial charge in [-0.25, -0.2) is 0 Å². The molecule has 7 unspecified atom stereocenters. The van der Waals surface area contributed by atoms with Gasteiger partial charge in [0, 0.05) is 12.8 Å². The molecule has 11 heteroatoms. The second-order valence-electron chi connectivity index (χ2n) is 25.3. The zero-order valence-electron chi connectivity index (χ0n) is 56.7. The smallest absolute Gasteiger partial charge is 0.305 e. The third-order valence-corrected chi connectivity index (χ3v) is 17.0. The molecular weight excluding hydrogens is 1100 g/mol. The zero-order valence-corrected chi connectivity index (χ0v) is 56.7. The van der Waals surface area contributed by atoms with Gasteiger partial charge in [-0.15, -0.1) is 0 Å². The van der Waals surface area contributed by atoms with E-state index in [4.69, 9.17) is 14.2 Å². The number of hydrogen-bond acceptors (Lipinski definition) is 10. The first-order valence-electron chi connectivity index (χ1n) is 36.8. The fraction of sp³-hybridized carbons (Fsp3) is 0.792. The number of carbonyl (C=O) groups is 2. The van der Waals surface area contributed by atoms with Gasteiger partial charge in [0.25, 0.3) is 0 Å². The first-order chi connectivity index (χ1) is 43.2. The van der Waals surface area contributed by atoms with Gasteiger partial charge in [-0.05, 0) is 116 Å². The van der Waals surface area contributed by atoms with Crippen molar-refractivity contribution >= 4 is 11.9 Å². The van der Waals surface area contributed by atoms with Crippen LogP contribution in [0.4, 0.5) is 0 Å². The van der Waals surface area contributed by atoms with Crippen LogP contribution in [-0.4, -0.2) is 100 Å². The van der Waals surface area contributed by atoms with Gasteiger partial charge < -0.3 is 45.1 Å². The van der Waals surface area contributed by atoms with Gasteiger partial charge in [0.2, 0.25) is 5.91 Å². The first kappa shape index (κ1) is 82.9. The Kier molecular flexibility index (Phi) is 61.5. The molecule has 1 fully saturated rings. The number of hydrogen-bond donors (Lipinski definition) is 6. The zero-order chi connectivity index (χ0) is 63.7. The molecule has 0 radical (unpaired) electrons. The van der Waals surface area contributed by atoms with E-state index in [1.165, 1.54) is 225 Å². The van der Waals surface area contributed by atoms with Crippen molar-refractivity contribution < 1.29 is 49.3 Å². The summed E-state index contributed by atoms with van der Waals surface area (Å²) in [6, 6.07) is -0.833. The minimum atomic E-state index is -1.58. The van der Waals surface area contributed by atoms with E-state index in [1.54, 1.807) is 6.08 Å². The number of nitrogens with one attached hydrogen (secondary N) is 1. The van der Waals surface area contributed by atoms with Crippen molar-refractivity contribution in [1.29, 1.82) is 0 Å². The van der Waals surface area contributed by atoms with Crippen molar-refractivity contribution in [3.05, 3.63) is 85.1 Å². The molecule has 7 atom stereocenters. The molecular formula is C77H137NO10. The molecule has 11 nitrogen and oxygen atoms in total. The summed E-state index contributed by atoms with van der Waals surface area (Å²) in [6.45, 7) is 4.08. The molecule has 510 valence electrons. The highest BCUT2D eigenvalue weighted by Crippen LogP contribution is 2.23. The summed E-state index contributed by atoms with van der Waals surface area (Å²) in [7, 11) is 0. The van der Waals surface area contributed by atoms with E-state index in [-0.39, 0.29) is 18.5 Å². The summed E-state index contributed by atoms with van der Waals surface area (Å²) >= 11 is 0. The molecule has 6 N–H and O–H groups in total. The first-order valence-corrected chi connectivity index (χ1v) is 36.8. The van der Waals surface area contributed by atoms with Crippen LogP contribution in [0.25, 0.3) is 0 Å². The topological polar surface area (TPSA) is 175 Å². The third-order valence-electron chi connectivity index (χ3n) is 17.0. The maximum atomic E-state index is 13.0. The Bertz CT molecular complexity index is 1740. The minimum absolute atomic E-state index is 0.00432. The van der Waals surface area contributed by atoms with Gasteiger partial charge in [-0.3, -0.25) is 9.59 Å². The maximum absolute atomic E-state index is 13.0. The van der Waals surface area contributed by atoms with Crippen molar-refractivity contribution in [2.24, 2.45) is 0 Å². The Hall–Kier alpha value is -3.16. The van der Waals surface area contributed by atoms with Crippen LogP contribution in [0, 0.1) is 0 Å². The lowest BCUT2D eigenvalue weighted by Crippen LogP contribution is -2.60. The van der Waals surface area contributed by atoms with Gasteiger partial charge >= 0.3 is 5.97 Å². The third kappa shape index (κ3) is 53.5. The predicted octanol–water partition coefficient (Wildman–Crippen LogP) is 19.2. The van der Waals surface area contributed by atoms with Gasteiger partial charge in [0.05, 0.1) is 32.0 Å². The number of carbonyl (C=O) groups excluding carboxylic acids is 2. The Morgan fingerprint density at radius 2 is 0.818 bits per heavy atom. The standard InChI is InChI=1S/C77H137NO10/c1-3-5-7-9-11-13-14-15-16-39-42-45-49-53-57-61-65-73(82)86-66-62-58-54-50-46-43-40-37-35-33-31-29-27-25-23-21-19-17-18-20-22-24-26-28-30-32-34-36-38-41-44-48-52-56-60-64-72(81)78-69(70(80)63-59-55-51-47-12-10-8-6-4-2)68-87-77-76(85)75(84)74(83)71(67-79)88-77/h4,6,12-14,16,19,21,25,27,39,47,59,63,69-71,74-77,79-80,83-85H,3,5,7-11,15,17-18,20,22-24,26,28-38,40-46,48-58,60-62,64-68H2,1-2H3,(H,78,81)/b6-4+,14-13-,21-19-,27-25-,39-16-,47-12+,63-59+. The lowest BCUT2D eigenvalue weighted by molar-refractivity contribution is -0.302. The average molecular weight is 1240 g/mol. The van der Waals surface area contributed by atoms with Gasteiger partial charge in [0.15, 0.2) is 6.29 Å². The predicted molar refractivity (Wildman–Crippen MR) is 370 cm³/mol. The van der Waals surface area contributed by atoms with Crippen LogP contribution >= 0.6 is 0 Å². The molecule has 0 aromatic heterocycles. The molecule has 1 amide bonds. The van der Waals surface area contributed by atoms with E-state index in [2.05, 4.69) is 79.1 Å². The van der Waals surface area contributed by atoms with Gasteiger partial charge in [-0.2, -0.15) is 0 Å². The molecule has 1 saturated heterocycles. The largest absolute Gasteiger partial charge is 0.466 e. The quantitative estimate of drug-likeness (QED) is 0.0195. The number of ether oxygens (including phenoxy) is 3. The Morgan fingerprint density at radius 1 is 0.443 bits per heavy atom. The molecule has 1 aliphatic rings. The summed E-state index contributed by atoms with van der Waals surface area (Å²) < 4.78 is 16.7. The van der Waals surface area contributed by atoms with E-state index in [0.717, 1.165) is 77.0 Å². The summed E-state index contributed by atoms with van der Waals surface area (Å²) in [5.41, 5.74) is 0. The van der Waals surface area contributed by atoms with Crippen LogP contribution in [0.15, 0.2) is 85.1 Å². The molecule has 1 aliphatic heterocycles. The summed E-state index contributed by atoms with van der Waals surface area (Å²) in [6.07, 6.45) is 80.6. The molecule has 0 aromatic rings. The van der Waals surface area contributed by atoms with Crippen LogP contribution in [0.2, 0.25) is 0 Å². The van der Waals surface area contributed by atoms with Crippen LogP contribution in [0.3, 0.4) is 0 Å². The van der Waals surface area contributed by atoms with Gasteiger partial charge in [-0.1, -0.05) is 285 Å². The molecule has 1 heterocycles. The van der Waals surface area contributed by atoms with E-state index in [1.807, 2.05) is 19.1 Å². The number of esters is 1. The highest BCUT2D eigenvalue weighted by atomic mass is 16.7. The fourth-order valence-electron chi connectivity index (χ4n) is 11.2. The van der Waals surface area contributed by atoms with Gasteiger partial charge in [0.1, 0.15) is 24.4 Å². The number of amides is 1. The normalized spacial score (nSPS) is 18.3. The summed E-state index contributed by atoms with van der Waals surface area (Å²) in [5, 5.41) is 54.2. The van der Waals surface area contributed by atoms with E-state index >= 15 is 0 Å². The highest BCUT2D eigenvalue weighted by Gasteiger charge is 2.44. The maximum Gasteiger partial charge on any atom is 0.305 e. The van der Waals surface area contributed by atoms with Crippen LogP contribution in [0.5, 0.6) is 0 Å². The van der Waals surface area contributed by atoms with E-state index in [0.29, 0.717) is 19.4 Å². The summed E-state index contributed by atoms with van der Waals surface area (Å²) in [5.74, 6) is -0.202. The highest BCUT2D eigenvalue weighted by molar-refractivity contribution is 5.76. The second-order valence-corrected chi connectivity index (χ2v) is 25.3. The van der Waals surface area contributed by atoms with Crippen LogP contribution in [0.1, 0.15) is 328 Å². The molecule has 0 saturated carbocycles. The fourth-order valence-corrected chi connectivity index (χ4v) is 11.2. The van der Waals surface area contributed by atoms with E-state index < -0.39 is 49.5 Å². The van der Waals surface area contributed by atoms with E-state index in [9.17, 15) is 35.1 Å². The van der Waals surface area contributed by atoms with Crippen molar-refractivity contribution in [2.45, 2.75) is 371 Å². The number of allylic oxidation sites excluding steroid dienone is 13. The number of aliphatic hydroxyl groups is 5. The van der Waals surface area contributed by atoms with Crippen LogP contribution in [-0.2, 0) is 23.8 Å². The van der Waals surface area contributed by atoms with Crippen molar-refractivity contribution in [3.8, 4) is 0 Å². The second kappa shape index (κ2) is 65.3. The number of rotatable bonds is 64. The number of aliphatic hydroxyl groups excluding tert-OH is 5. The number of unbranched alkanes of at least 4 members (excludes halogenated alkanes) is 39. The lowest BCUT2D eigenvalue weighted by Gasteiger charge is -2.40. The molecule has 0 aromatic carbocycles. The van der Waals surface area contributed by atoms with Crippen LogP contribution < -0.4 is 5.32 Å².